The number of nitrogens with two attached hydrogens (primary N) is 1. The number of piperidine rings is 1. The Hall–Kier alpha value is -2.44. The van der Waals surface area contributed by atoms with Crippen LogP contribution in [-0.4, -0.2) is 39.2 Å². The predicted molar refractivity (Wildman–Crippen MR) is 93.0 cm³/mol. The summed E-state index contributed by atoms with van der Waals surface area (Å²) in [5.41, 5.74) is 7.34. The van der Waals surface area contributed by atoms with Crippen molar-refractivity contribution in [2.45, 2.75) is 45.3 Å². The molecule has 7 heteroatoms. The Labute approximate surface area is 140 Å². The first-order chi connectivity index (χ1) is 11.3. The highest BCUT2D eigenvalue weighted by Gasteiger charge is 2.29. The van der Waals surface area contributed by atoms with E-state index >= 15 is 0 Å². The number of anilines is 1. The van der Waals surface area contributed by atoms with Gasteiger partial charge in [0.05, 0.1) is 16.7 Å². The number of nitrogens with one attached hydrogen (secondary N) is 1. The molecule has 1 saturated heterocycles. The number of likely N-dealkylation sites (tertiary alicyclic amines) is 1. The molecule has 2 aromatic rings. The number of aromatic amines is 1. The number of H-pyrrole nitrogens is 1. The number of imidazole rings is 1. The van der Waals surface area contributed by atoms with E-state index < -0.39 is 5.60 Å². The number of aromatic nitrogens is 2. The van der Waals surface area contributed by atoms with Gasteiger partial charge in [0.1, 0.15) is 5.60 Å². The topological polar surface area (TPSA) is 93.3 Å². The molecular weight excluding hydrogens is 308 g/mol. The summed E-state index contributed by atoms with van der Waals surface area (Å²) in [6.45, 7) is 6.71. The van der Waals surface area contributed by atoms with E-state index in [1.807, 2.05) is 32.9 Å². The molecule has 0 unspecified atom stereocenters. The van der Waals surface area contributed by atoms with Crippen molar-refractivity contribution in [1.82, 2.24) is 14.5 Å². The van der Waals surface area contributed by atoms with Crippen LogP contribution in [0.25, 0.3) is 11.0 Å². The Kier molecular flexibility index (Phi) is 4.03. The van der Waals surface area contributed by atoms with E-state index in [1.165, 1.54) is 0 Å². The van der Waals surface area contributed by atoms with Crippen molar-refractivity contribution >= 4 is 22.8 Å². The van der Waals surface area contributed by atoms with Crippen molar-refractivity contribution in [2.24, 2.45) is 0 Å². The molecule has 0 atom stereocenters. The molecule has 0 radical (unpaired) electrons. The molecule has 1 amide bonds. The highest BCUT2D eigenvalue weighted by atomic mass is 16.6. The number of amides is 1. The van der Waals surface area contributed by atoms with Gasteiger partial charge in [0, 0.05) is 19.1 Å². The minimum absolute atomic E-state index is 0.0479. The van der Waals surface area contributed by atoms with Gasteiger partial charge in [0.25, 0.3) is 0 Å². The van der Waals surface area contributed by atoms with Gasteiger partial charge in [0.2, 0.25) is 0 Å². The molecule has 2 heterocycles. The number of fused-ring (bicyclic) bond motifs is 1. The number of nitrogens with zero attached hydrogens (tertiary/aromatic N) is 2. The van der Waals surface area contributed by atoms with E-state index in [-0.39, 0.29) is 17.8 Å². The molecule has 1 aliphatic heterocycles. The number of carbonyl (C=O) groups excluding carboxylic acids is 1. The number of carbonyl (C=O) groups is 1. The van der Waals surface area contributed by atoms with Crippen molar-refractivity contribution in [3.8, 4) is 0 Å². The van der Waals surface area contributed by atoms with Gasteiger partial charge in [-0.1, -0.05) is 6.07 Å². The second-order valence-electron chi connectivity index (χ2n) is 7.24. The minimum Gasteiger partial charge on any atom is -0.444 e. The molecule has 1 aromatic heterocycles. The van der Waals surface area contributed by atoms with Crippen LogP contribution in [-0.2, 0) is 4.74 Å². The van der Waals surface area contributed by atoms with E-state index in [4.69, 9.17) is 10.5 Å². The molecule has 1 aromatic carbocycles. The fourth-order valence-corrected chi connectivity index (χ4v) is 3.17. The lowest BCUT2D eigenvalue weighted by molar-refractivity contribution is 0.0189. The number of benzene rings is 1. The number of hydrogen-bond acceptors (Lipinski definition) is 4. The summed E-state index contributed by atoms with van der Waals surface area (Å²) in [4.78, 5) is 29.0. The SMILES string of the molecule is CC(C)(C)OC(=O)N1CCC(n2c(=O)[nH]c3c(N)cccc32)CC1. The standard InChI is InChI=1S/C17H24N4O3/c1-17(2,3)24-16(23)20-9-7-11(8-10-20)21-13-6-4-5-12(18)14(13)19-15(21)22/h4-6,11H,7-10,18H2,1-3H3,(H,19,22). The fourth-order valence-electron chi connectivity index (χ4n) is 3.17. The van der Waals surface area contributed by atoms with Crippen LogP contribution in [0.1, 0.15) is 39.7 Å². The quantitative estimate of drug-likeness (QED) is 0.785. The van der Waals surface area contributed by atoms with Crippen molar-refractivity contribution in [1.29, 1.82) is 0 Å². The molecule has 7 nitrogen and oxygen atoms in total. The maximum absolute atomic E-state index is 12.3. The summed E-state index contributed by atoms with van der Waals surface area (Å²) in [5, 5.41) is 0. The van der Waals surface area contributed by atoms with E-state index in [1.54, 1.807) is 15.5 Å². The van der Waals surface area contributed by atoms with Crippen LogP contribution >= 0.6 is 0 Å². The van der Waals surface area contributed by atoms with Gasteiger partial charge >= 0.3 is 11.8 Å². The normalized spacial score (nSPS) is 16.5. The highest BCUT2D eigenvalue weighted by molar-refractivity contribution is 5.87. The van der Waals surface area contributed by atoms with Crippen molar-refractivity contribution in [3.05, 3.63) is 28.7 Å². The first-order valence-corrected chi connectivity index (χ1v) is 8.23. The smallest absolute Gasteiger partial charge is 0.410 e. The van der Waals surface area contributed by atoms with Gasteiger partial charge in [-0.15, -0.1) is 0 Å². The lowest BCUT2D eigenvalue weighted by Gasteiger charge is -2.33. The predicted octanol–water partition coefficient (Wildman–Crippen LogP) is 2.48. The van der Waals surface area contributed by atoms with E-state index in [2.05, 4.69) is 4.98 Å². The Morgan fingerprint density at radius 1 is 1.29 bits per heavy atom. The zero-order valence-corrected chi connectivity index (χ0v) is 14.3. The molecule has 0 bridgehead atoms. The molecular formula is C17H24N4O3. The van der Waals surface area contributed by atoms with Gasteiger partial charge in [-0.25, -0.2) is 9.59 Å². The summed E-state index contributed by atoms with van der Waals surface area (Å²) in [7, 11) is 0. The van der Waals surface area contributed by atoms with Crippen LogP contribution in [0.5, 0.6) is 0 Å². The summed E-state index contributed by atoms with van der Waals surface area (Å²) in [5.74, 6) is 0. The number of para-hydroxylation sites is 1. The summed E-state index contributed by atoms with van der Waals surface area (Å²) in [6.07, 6.45) is 1.12. The Morgan fingerprint density at radius 3 is 2.58 bits per heavy atom. The van der Waals surface area contributed by atoms with Gasteiger partial charge < -0.3 is 20.4 Å². The van der Waals surface area contributed by atoms with Crippen LogP contribution in [0.3, 0.4) is 0 Å². The van der Waals surface area contributed by atoms with E-state index in [9.17, 15) is 9.59 Å². The average molecular weight is 332 g/mol. The second-order valence-corrected chi connectivity index (χ2v) is 7.24. The van der Waals surface area contributed by atoms with Gasteiger partial charge in [0.15, 0.2) is 0 Å². The Balaban J connectivity index is 1.76. The van der Waals surface area contributed by atoms with Crippen LogP contribution in [0.4, 0.5) is 10.5 Å². The summed E-state index contributed by atoms with van der Waals surface area (Å²) < 4.78 is 7.17. The lowest BCUT2D eigenvalue weighted by atomic mass is 10.0. The van der Waals surface area contributed by atoms with E-state index in [0.717, 1.165) is 5.52 Å². The molecule has 0 aliphatic carbocycles. The van der Waals surface area contributed by atoms with Crippen LogP contribution in [0.2, 0.25) is 0 Å². The molecule has 3 rings (SSSR count). The number of hydrogen-bond donors (Lipinski definition) is 2. The number of nitrogen functional groups attached to an aromatic ring is 1. The third-order valence-electron chi connectivity index (χ3n) is 4.27. The first kappa shape index (κ1) is 16.4. The molecule has 0 saturated carbocycles. The van der Waals surface area contributed by atoms with Gasteiger partial charge in [-0.2, -0.15) is 0 Å². The molecule has 0 spiro atoms. The van der Waals surface area contributed by atoms with Crippen LogP contribution in [0.15, 0.2) is 23.0 Å². The second kappa shape index (κ2) is 5.89. The highest BCUT2D eigenvalue weighted by Crippen LogP contribution is 2.27. The number of ether oxygens (including phenoxy) is 1. The van der Waals surface area contributed by atoms with Gasteiger partial charge in [-0.3, -0.25) is 4.57 Å². The van der Waals surface area contributed by atoms with Crippen LogP contribution < -0.4 is 11.4 Å². The largest absolute Gasteiger partial charge is 0.444 e. The molecule has 1 fully saturated rings. The molecule has 24 heavy (non-hydrogen) atoms. The van der Waals surface area contributed by atoms with Crippen LogP contribution in [0, 0.1) is 0 Å². The Morgan fingerprint density at radius 2 is 1.96 bits per heavy atom. The third kappa shape index (κ3) is 3.11. The monoisotopic (exact) mass is 332 g/mol. The van der Waals surface area contributed by atoms with E-state index in [0.29, 0.717) is 37.1 Å². The lowest BCUT2D eigenvalue weighted by Crippen LogP contribution is -2.43. The zero-order chi connectivity index (χ0) is 17.5. The summed E-state index contributed by atoms with van der Waals surface area (Å²) >= 11 is 0. The van der Waals surface area contributed by atoms with Crippen molar-refractivity contribution in [2.75, 3.05) is 18.8 Å². The average Bonchev–Trinajstić information content (AvgIpc) is 2.83. The zero-order valence-electron chi connectivity index (χ0n) is 14.3. The Bertz CT molecular complexity index is 807. The van der Waals surface area contributed by atoms with Crippen molar-refractivity contribution in [3.63, 3.8) is 0 Å². The number of rotatable bonds is 1. The third-order valence-corrected chi connectivity index (χ3v) is 4.27. The maximum Gasteiger partial charge on any atom is 0.410 e. The molecule has 1 aliphatic rings. The van der Waals surface area contributed by atoms with Crippen molar-refractivity contribution < 1.29 is 9.53 Å². The minimum atomic E-state index is -0.501. The maximum atomic E-state index is 12.3. The first-order valence-electron chi connectivity index (χ1n) is 8.23. The summed E-state index contributed by atoms with van der Waals surface area (Å²) in [6, 6.07) is 5.56. The molecule has 130 valence electrons. The molecule has 3 N–H and O–H groups in total. The fraction of sp³-hybridized carbons (Fsp3) is 0.529. The van der Waals surface area contributed by atoms with Gasteiger partial charge in [-0.05, 0) is 45.7 Å².